The summed E-state index contributed by atoms with van der Waals surface area (Å²) in [5, 5.41) is 3.00. The zero-order chi connectivity index (χ0) is 17.1. The first-order valence-electron chi connectivity index (χ1n) is 6.95. The van der Waals surface area contributed by atoms with Gasteiger partial charge < -0.3 is 14.5 Å². The molecule has 0 saturated carbocycles. The first-order valence-corrected chi connectivity index (χ1v) is 7.36. The number of halogens is 2. The summed E-state index contributed by atoms with van der Waals surface area (Å²) in [6.07, 6.45) is 2.93. The van der Waals surface area contributed by atoms with E-state index < -0.39 is 6.61 Å². The van der Waals surface area contributed by atoms with Gasteiger partial charge in [-0.2, -0.15) is 8.78 Å². The lowest BCUT2D eigenvalue weighted by molar-refractivity contribution is -0.122. The summed E-state index contributed by atoms with van der Waals surface area (Å²) in [6, 6.07) is 9.62. The predicted octanol–water partition coefficient (Wildman–Crippen LogP) is 3.14. The number of alkyl halides is 2. The largest absolute Gasteiger partial charge is 0.467 e. The number of hydrogen-bond donors (Lipinski definition) is 1. The molecular weight excluding hydrogens is 338 g/mol. The minimum absolute atomic E-state index is 0.0231. The van der Waals surface area contributed by atoms with Crippen LogP contribution in [0.1, 0.15) is 11.3 Å². The lowest BCUT2D eigenvalue weighted by atomic mass is 10.1. The van der Waals surface area contributed by atoms with Gasteiger partial charge in [0.25, 0.3) is 5.91 Å². The van der Waals surface area contributed by atoms with Gasteiger partial charge in [-0.3, -0.25) is 9.69 Å². The molecule has 0 bridgehead atoms. The second-order valence-electron chi connectivity index (χ2n) is 4.88. The normalized spacial score (nSPS) is 16.1. The number of nitrogens with one attached hydrogen (secondary N) is 1. The van der Waals surface area contributed by atoms with Crippen LogP contribution < -0.4 is 10.1 Å². The van der Waals surface area contributed by atoms with Gasteiger partial charge in [0.05, 0.1) is 12.8 Å². The van der Waals surface area contributed by atoms with Crippen LogP contribution in [0, 0.1) is 0 Å². The van der Waals surface area contributed by atoms with Gasteiger partial charge in [0.2, 0.25) is 0 Å². The number of para-hydroxylation sites is 1. The first kappa shape index (κ1) is 16.1. The van der Waals surface area contributed by atoms with E-state index in [4.69, 9.17) is 16.6 Å². The Morgan fingerprint density at radius 2 is 2.08 bits per heavy atom. The van der Waals surface area contributed by atoms with E-state index in [9.17, 15) is 13.6 Å². The van der Waals surface area contributed by atoms with Gasteiger partial charge in [-0.1, -0.05) is 18.2 Å². The van der Waals surface area contributed by atoms with Crippen molar-refractivity contribution in [3.8, 4) is 5.75 Å². The molecule has 2 aromatic rings. The molecule has 1 fully saturated rings. The highest BCUT2D eigenvalue weighted by Gasteiger charge is 2.31. The van der Waals surface area contributed by atoms with Crippen LogP contribution in [-0.4, -0.2) is 22.5 Å². The molecule has 3 rings (SSSR count). The van der Waals surface area contributed by atoms with Crippen molar-refractivity contribution in [1.29, 1.82) is 0 Å². The van der Waals surface area contributed by atoms with Crippen molar-refractivity contribution >= 4 is 29.3 Å². The maximum Gasteiger partial charge on any atom is 0.387 e. The zero-order valence-corrected chi connectivity index (χ0v) is 13.1. The van der Waals surface area contributed by atoms with Crippen molar-refractivity contribution in [3.63, 3.8) is 0 Å². The number of thiocarbonyl (C=S) groups is 1. The molecule has 0 atom stereocenters. The highest BCUT2D eigenvalue weighted by molar-refractivity contribution is 7.80. The van der Waals surface area contributed by atoms with Crippen molar-refractivity contribution in [1.82, 2.24) is 10.2 Å². The molecule has 1 saturated heterocycles. The van der Waals surface area contributed by atoms with Crippen molar-refractivity contribution in [2.24, 2.45) is 0 Å². The van der Waals surface area contributed by atoms with Gasteiger partial charge in [-0.25, -0.2) is 0 Å². The van der Waals surface area contributed by atoms with E-state index in [0.717, 1.165) is 0 Å². The smallest absolute Gasteiger partial charge is 0.387 e. The minimum Gasteiger partial charge on any atom is -0.467 e. The van der Waals surface area contributed by atoms with Gasteiger partial charge in [0.1, 0.15) is 17.2 Å². The molecule has 1 aliphatic heterocycles. The lowest BCUT2D eigenvalue weighted by Crippen LogP contribution is -2.29. The average Bonchev–Trinajstić information content (AvgIpc) is 3.13. The van der Waals surface area contributed by atoms with Crippen LogP contribution in [0.3, 0.4) is 0 Å². The SMILES string of the molecule is O=C1C(=Cc2ccccc2OC(F)F)NC(=S)N1Cc1ccco1. The van der Waals surface area contributed by atoms with Crippen LogP contribution in [0.5, 0.6) is 5.75 Å². The van der Waals surface area contributed by atoms with Crippen molar-refractivity contribution in [2.45, 2.75) is 13.2 Å². The summed E-state index contributed by atoms with van der Waals surface area (Å²) < 4.78 is 34.6. The number of nitrogens with zero attached hydrogens (tertiary/aromatic N) is 1. The molecule has 2 heterocycles. The molecular formula is C16H12F2N2O3S. The van der Waals surface area contributed by atoms with Gasteiger partial charge in [0, 0.05) is 5.56 Å². The summed E-state index contributed by atoms with van der Waals surface area (Å²) in [7, 11) is 0. The fraction of sp³-hybridized carbons (Fsp3) is 0.125. The van der Waals surface area contributed by atoms with Crippen LogP contribution in [0.4, 0.5) is 8.78 Å². The minimum atomic E-state index is -2.95. The Labute approximate surface area is 141 Å². The highest BCUT2D eigenvalue weighted by Crippen LogP contribution is 2.24. The number of furan rings is 1. The van der Waals surface area contributed by atoms with E-state index in [0.29, 0.717) is 11.3 Å². The number of hydrogen-bond acceptors (Lipinski definition) is 4. The van der Waals surface area contributed by atoms with E-state index >= 15 is 0 Å². The summed E-state index contributed by atoms with van der Waals surface area (Å²) in [4.78, 5) is 13.8. The van der Waals surface area contributed by atoms with Gasteiger partial charge in [-0.05, 0) is 36.5 Å². The van der Waals surface area contributed by atoms with Crippen LogP contribution in [0.25, 0.3) is 6.08 Å². The van der Waals surface area contributed by atoms with E-state index in [1.54, 1.807) is 30.3 Å². The Bertz CT molecular complexity index is 790. The molecule has 1 aliphatic rings. The second-order valence-corrected chi connectivity index (χ2v) is 5.26. The fourth-order valence-electron chi connectivity index (χ4n) is 2.23. The first-order chi connectivity index (χ1) is 11.5. The molecule has 24 heavy (non-hydrogen) atoms. The molecule has 0 radical (unpaired) electrons. The Morgan fingerprint density at radius 1 is 1.29 bits per heavy atom. The Kier molecular flexibility index (Phi) is 4.57. The van der Waals surface area contributed by atoms with Gasteiger partial charge in [-0.15, -0.1) is 0 Å². The zero-order valence-electron chi connectivity index (χ0n) is 12.2. The predicted molar refractivity (Wildman–Crippen MR) is 86.0 cm³/mol. The average molecular weight is 350 g/mol. The van der Waals surface area contributed by atoms with E-state index in [2.05, 4.69) is 10.1 Å². The Balaban J connectivity index is 1.84. The standard InChI is InChI=1S/C16H12F2N2O3S/c17-15(18)23-13-6-2-1-4-10(13)8-12-14(21)20(16(24)19-12)9-11-5-3-7-22-11/h1-8,15H,9H2,(H,19,24). The van der Waals surface area contributed by atoms with Crippen molar-refractivity contribution < 1.29 is 22.7 Å². The number of carbonyl (C=O) groups is 1. The fourth-order valence-corrected chi connectivity index (χ4v) is 2.49. The van der Waals surface area contributed by atoms with Crippen LogP contribution in [0.2, 0.25) is 0 Å². The third-order valence-electron chi connectivity index (χ3n) is 3.29. The molecule has 8 heteroatoms. The van der Waals surface area contributed by atoms with Crippen LogP contribution in [0.15, 0.2) is 52.8 Å². The molecule has 0 aliphatic carbocycles. The Hall–Kier alpha value is -2.74. The Morgan fingerprint density at radius 3 is 2.79 bits per heavy atom. The summed E-state index contributed by atoms with van der Waals surface area (Å²) in [6.45, 7) is -2.77. The third-order valence-corrected chi connectivity index (χ3v) is 3.61. The molecule has 0 unspecified atom stereocenters. The van der Waals surface area contributed by atoms with E-state index in [-0.39, 0.29) is 29.0 Å². The maximum atomic E-state index is 12.5. The number of benzene rings is 1. The van der Waals surface area contributed by atoms with Gasteiger partial charge in [0.15, 0.2) is 5.11 Å². The lowest BCUT2D eigenvalue weighted by Gasteiger charge is -2.11. The third kappa shape index (κ3) is 3.43. The molecule has 1 amide bonds. The molecule has 124 valence electrons. The molecule has 0 spiro atoms. The number of rotatable bonds is 5. The summed E-state index contributed by atoms with van der Waals surface area (Å²) >= 11 is 5.15. The van der Waals surface area contributed by atoms with Crippen molar-refractivity contribution in [2.75, 3.05) is 0 Å². The molecule has 5 nitrogen and oxygen atoms in total. The van der Waals surface area contributed by atoms with E-state index in [1.807, 2.05) is 0 Å². The van der Waals surface area contributed by atoms with E-state index in [1.165, 1.54) is 23.3 Å². The summed E-state index contributed by atoms with van der Waals surface area (Å²) in [5.41, 5.74) is 0.521. The number of amides is 1. The van der Waals surface area contributed by atoms with Crippen LogP contribution in [-0.2, 0) is 11.3 Å². The monoisotopic (exact) mass is 350 g/mol. The quantitative estimate of drug-likeness (QED) is 0.663. The molecule has 1 N–H and O–H groups in total. The number of carbonyl (C=O) groups excluding carboxylic acids is 1. The number of ether oxygens (including phenoxy) is 1. The highest BCUT2D eigenvalue weighted by atomic mass is 32.1. The van der Waals surface area contributed by atoms with Gasteiger partial charge >= 0.3 is 6.61 Å². The second kappa shape index (κ2) is 6.79. The van der Waals surface area contributed by atoms with Crippen molar-refractivity contribution in [3.05, 3.63) is 59.7 Å². The molecule has 1 aromatic carbocycles. The maximum absolute atomic E-state index is 12.5. The molecule has 1 aromatic heterocycles. The topological polar surface area (TPSA) is 54.7 Å². The van der Waals surface area contributed by atoms with Crippen LogP contribution >= 0.6 is 12.2 Å². The summed E-state index contributed by atoms with van der Waals surface area (Å²) in [5.74, 6) is 0.184.